The summed E-state index contributed by atoms with van der Waals surface area (Å²) in [4.78, 5) is 12.2. The average molecular weight is 256 g/mol. The van der Waals surface area contributed by atoms with Crippen molar-refractivity contribution in [2.45, 2.75) is 19.4 Å². The first-order chi connectivity index (χ1) is 9.25. The molecule has 19 heavy (non-hydrogen) atoms. The standard InChI is InChI=1S/C14H16N4O/c1-9-10(7-17-18-9)6-16-14(19)12-8-15-13-5-3-2-4-11(12)13/h2-5,7,12,15H,6,8H2,1H3,(H,16,19)(H,17,18). The van der Waals surface area contributed by atoms with E-state index in [1.54, 1.807) is 6.20 Å². The van der Waals surface area contributed by atoms with Crippen LogP contribution in [-0.2, 0) is 11.3 Å². The maximum absolute atomic E-state index is 12.2. The molecule has 1 aromatic heterocycles. The van der Waals surface area contributed by atoms with E-state index in [0.29, 0.717) is 13.1 Å². The number of aromatic nitrogens is 2. The number of amides is 1. The fraction of sp³-hybridized carbons (Fsp3) is 0.286. The van der Waals surface area contributed by atoms with Crippen molar-refractivity contribution in [1.82, 2.24) is 15.5 Å². The Morgan fingerprint density at radius 3 is 3.11 bits per heavy atom. The largest absolute Gasteiger partial charge is 0.384 e. The first-order valence-corrected chi connectivity index (χ1v) is 6.35. The van der Waals surface area contributed by atoms with E-state index in [0.717, 1.165) is 22.5 Å². The highest BCUT2D eigenvalue weighted by molar-refractivity contribution is 5.88. The van der Waals surface area contributed by atoms with Crippen molar-refractivity contribution >= 4 is 11.6 Å². The first-order valence-electron chi connectivity index (χ1n) is 6.35. The summed E-state index contributed by atoms with van der Waals surface area (Å²) in [5.41, 5.74) is 4.14. The molecule has 2 heterocycles. The molecule has 5 nitrogen and oxygen atoms in total. The van der Waals surface area contributed by atoms with Crippen LogP contribution in [0.15, 0.2) is 30.5 Å². The third-order valence-electron chi connectivity index (χ3n) is 3.54. The summed E-state index contributed by atoms with van der Waals surface area (Å²) >= 11 is 0. The third kappa shape index (κ3) is 2.19. The summed E-state index contributed by atoms with van der Waals surface area (Å²) in [5.74, 6) is -0.0542. The van der Waals surface area contributed by atoms with Gasteiger partial charge in [-0.2, -0.15) is 5.10 Å². The monoisotopic (exact) mass is 256 g/mol. The SMILES string of the molecule is Cc1[nH]ncc1CNC(=O)C1CNc2ccccc21. The Bertz CT molecular complexity index is 605. The Kier molecular flexibility index (Phi) is 2.95. The van der Waals surface area contributed by atoms with E-state index in [-0.39, 0.29) is 11.8 Å². The second-order valence-corrected chi connectivity index (χ2v) is 4.76. The molecule has 0 saturated carbocycles. The predicted molar refractivity (Wildman–Crippen MR) is 72.8 cm³/mol. The summed E-state index contributed by atoms with van der Waals surface area (Å²) in [5, 5.41) is 13.0. The number of nitrogens with one attached hydrogen (secondary N) is 3. The number of nitrogens with zero attached hydrogens (tertiary/aromatic N) is 1. The van der Waals surface area contributed by atoms with E-state index in [2.05, 4.69) is 20.8 Å². The van der Waals surface area contributed by atoms with Crippen LogP contribution < -0.4 is 10.6 Å². The summed E-state index contributed by atoms with van der Waals surface area (Å²) in [6.07, 6.45) is 1.75. The van der Waals surface area contributed by atoms with Gasteiger partial charge >= 0.3 is 0 Å². The van der Waals surface area contributed by atoms with Crippen LogP contribution in [0.3, 0.4) is 0 Å². The Morgan fingerprint density at radius 1 is 1.47 bits per heavy atom. The topological polar surface area (TPSA) is 69.8 Å². The molecule has 1 aromatic carbocycles. The second kappa shape index (κ2) is 4.76. The molecule has 1 amide bonds. The van der Waals surface area contributed by atoms with Crippen molar-refractivity contribution in [3.63, 3.8) is 0 Å². The Morgan fingerprint density at radius 2 is 2.32 bits per heavy atom. The number of aryl methyl sites for hydroxylation is 1. The number of anilines is 1. The quantitative estimate of drug-likeness (QED) is 0.780. The lowest BCUT2D eigenvalue weighted by atomic mass is 10.0. The minimum atomic E-state index is -0.108. The normalized spacial score (nSPS) is 16.8. The third-order valence-corrected chi connectivity index (χ3v) is 3.54. The Balaban J connectivity index is 1.68. The van der Waals surface area contributed by atoms with Crippen LogP contribution >= 0.6 is 0 Å². The fourth-order valence-electron chi connectivity index (χ4n) is 2.38. The predicted octanol–water partition coefficient (Wildman–Crippen LogP) is 1.54. The van der Waals surface area contributed by atoms with Gasteiger partial charge in [-0.05, 0) is 18.6 Å². The van der Waals surface area contributed by atoms with Gasteiger partial charge in [0, 0.05) is 30.0 Å². The Hall–Kier alpha value is -2.30. The summed E-state index contributed by atoms with van der Waals surface area (Å²) in [6, 6.07) is 7.94. The number of para-hydroxylation sites is 1. The van der Waals surface area contributed by atoms with Gasteiger partial charge in [0.15, 0.2) is 0 Å². The molecule has 3 N–H and O–H groups in total. The highest BCUT2D eigenvalue weighted by Gasteiger charge is 2.27. The number of carbonyl (C=O) groups excluding carboxylic acids is 1. The summed E-state index contributed by atoms with van der Waals surface area (Å²) in [6.45, 7) is 3.12. The van der Waals surface area contributed by atoms with Gasteiger partial charge < -0.3 is 10.6 Å². The fourth-order valence-corrected chi connectivity index (χ4v) is 2.38. The number of H-pyrrole nitrogens is 1. The van der Waals surface area contributed by atoms with Crippen LogP contribution in [0.5, 0.6) is 0 Å². The van der Waals surface area contributed by atoms with Gasteiger partial charge in [-0.3, -0.25) is 9.89 Å². The molecule has 1 aliphatic rings. The van der Waals surface area contributed by atoms with E-state index in [4.69, 9.17) is 0 Å². The van der Waals surface area contributed by atoms with Gasteiger partial charge in [-0.15, -0.1) is 0 Å². The van der Waals surface area contributed by atoms with Crippen molar-refractivity contribution in [3.05, 3.63) is 47.3 Å². The van der Waals surface area contributed by atoms with Gasteiger partial charge in [-0.1, -0.05) is 18.2 Å². The molecule has 0 saturated heterocycles. The van der Waals surface area contributed by atoms with Crippen LogP contribution in [0.2, 0.25) is 0 Å². The number of fused-ring (bicyclic) bond motifs is 1. The van der Waals surface area contributed by atoms with Crippen LogP contribution in [0, 0.1) is 6.92 Å². The number of aromatic amines is 1. The van der Waals surface area contributed by atoms with Crippen molar-refractivity contribution in [2.75, 3.05) is 11.9 Å². The van der Waals surface area contributed by atoms with E-state index >= 15 is 0 Å². The lowest BCUT2D eigenvalue weighted by Gasteiger charge is -2.10. The lowest BCUT2D eigenvalue weighted by Crippen LogP contribution is -2.30. The summed E-state index contributed by atoms with van der Waals surface area (Å²) < 4.78 is 0. The molecule has 1 unspecified atom stereocenters. The van der Waals surface area contributed by atoms with Gasteiger partial charge in [0.05, 0.1) is 12.1 Å². The zero-order valence-corrected chi connectivity index (χ0v) is 10.7. The van der Waals surface area contributed by atoms with Crippen molar-refractivity contribution in [1.29, 1.82) is 0 Å². The molecule has 0 radical (unpaired) electrons. The van der Waals surface area contributed by atoms with Gasteiger partial charge in [0.1, 0.15) is 0 Å². The molecule has 3 rings (SSSR count). The van der Waals surface area contributed by atoms with Crippen LogP contribution in [-0.4, -0.2) is 22.6 Å². The van der Waals surface area contributed by atoms with Gasteiger partial charge in [0.2, 0.25) is 5.91 Å². The van der Waals surface area contributed by atoms with Crippen molar-refractivity contribution in [3.8, 4) is 0 Å². The second-order valence-electron chi connectivity index (χ2n) is 4.76. The van der Waals surface area contributed by atoms with E-state index < -0.39 is 0 Å². The van der Waals surface area contributed by atoms with E-state index in [1.165, 1.54) is 0 Å². The number of hydrogen-bond donors (Lipinski definition) is 3. The zero-order valence-electron chi connectivity index (χ0n) is 10.7. The molecule has 2 aromatic rings. The average Bonchev–Trinajstić information content (AvgIpc) is 3.02. The van der Waals surface area contributed by atoms with Crippen molar-refractivity contribution < 1.29 is 4.79 Å². The maximum Gasteiger partial charge on any atom is 0.229 e. The molecule has 0 fully saturated rings. The van der Waals surface area contributed by atoms with Crippen LogP contribution in [0.25, 0.3) is 0 Å². The lowest BCUT2D eigenvalue weighted by molar-refractivity contribution is -0.122. The maximum atomic E-state index is 12.2. The molecule has 0 bridgehead atoms. The molecule has 5 heteroatoms. The highest BCUT2D eigenvalue weighted by atomic mass is 16.1. The number of benzene rings is 1. The van der Waals surface area contributed by atoms with Crippen LogP contribution in [0.4, 0.5) is 5.69 Å². The molecular weight excluding hydrogens is 240 g/mol. The number of rotatable bonds is 3. The number of hydrogen-bond acceptors (Lipinski definition) is 3. The smallest absolute Gasteiger partial charge is 0.229 e. The molecule has 98 valence electrons. The molecule has 0 spiro atoms. The first kappa shape index (κ1) is 11.8. The van der Waals surface area contributed by atoms with Gasteiger partial charge in [0.25, 0.3) is 0 Å². The Labute approximate surface area is 111 Å². The summed E-state index contributed by atoms with van der Waals surface area (Å²) in [7, 11) is 0. The minimum absolute atomic E-state index is 0.0538. The van der Waals surface area contributed by atoms with Gasteiger partial charge in [-0.25, -0.2) is 0 Å². The molecule has 0 aliphatic carbocycles. The molecule has 1 aliphatic heterocycles. The van der Waals surface area contributed by atoms with E-state index in [9.17, 15) is 4.79 Å². The zero-order chi connectivity index (χ0) is 13.2. The van der Waals surface area contributed by atoms with Crippen molar-refractivity contribution in [2.24, 2.45) is 0 Å². The molecular formula is C14H16N4O. The van der Waals surface area contributed by atoms with E-state index in [1.807, 2.05) is 31.2 Å². The molecule has 1 atom stereocenters. The minimum Gasteiger partial charge on any atom is -0.384 e. The van der Waals surface area contributed by atoms with Crippen LogP contribution in [0.1, 0.15) is 22.7 Å². The number of carbonyl (C=O) groups is 1. The highest BCUT2D eigenvalue weighted by Crippen LogP contribution is 2.30.